The highest BCUT2D eigenvalue weighted by molar-refractivity contribution is 5.76. The Balaban J connectivity index is 0.000000115. The third kappa shape index (κ3) is 22.7. The van der Waals surface area contributed by atoms with E-state index in [1.807, 2.05) is 24.3 Å². The van der Waals surface area contributed by atoms with Gasteiger partial charge >= 0.3 is 0 Å². The van der Waals surface area contributed by atoms with Crippen LogP contribution in [0.1, 0.15) is 202 Å². The molecule has 4 bridgehead atoms. The first-order chi connectivity index (χ1) is 67.4. The van der Waals surface area contributed by atoms with Crippen molar-refractivity contribution in [3.63, 3.8) is 0 Å². The van der Waals surface area contributed by atoms with Crippen molar-refractivity contribution in [2.24, 2.45) is 88.5 Å². The summed E-state index contributed by atoms with van der Waals surface area (Å²) in [7, 11) is 10.5. The van der Waals surface area contributed by atoms with Gasteiger partial charge in [-0.15, -0.1) is 0 Å². The van der Waals surface area contributed by atoms with Crippen LogP contribution in [0.4, 0.5) is 0 Å². The third-order valence-electron chi connectivity index (χ3n) is 31.8. The van der Waals surface area contributed by atoms with Crippen molar-refractivity contribution in [2.45, 2.75) is 201 Å². The van der Waals surface area contributed by atoms with Crippen molar-refractivity contribution >= 4 is 0 Å². The minimum absolute atomic E-state index is 0.127. The van der Waals surface area contributed by atoms with Crippen molar-refractivity contribution in [3.8, 4) is 112 Å². The summed E-state index contributed by atoms with van der Waals surface area (Å²) in [6, 6.07) is 109. The van der Waals surface area contributed by atoms with Crippen LogP contribution in [0.5, 0.6) is 0 Å². The highest BCUT2D eigenvalue weighted by atomic mass is 14.9. The van der Waals surface area contributed by atoms with Gasteiger partial charge in [-0.2, -0.15) is 0 Å². The van der Waals surface area contributed by atoms with Gasteiger partial charge in [0.25, 0.3) is 0 Å². The van der Waals surface area contributed by atoms with E-state index < -0.39 is 12.7 Å². The zero-order valence-electron chi connectivity index (χ0n) is 86.3. The van der Waals surface area contributed by atoms with Gasteiger partial charge in [0, 0.05) is 94.0 Å². The standard InChI is InChI=1S/2C26H28N.3C26H30N/c2*1-18-5-3-4-6-24(18)26-17-21(13-14-27(26)2)20-9-7-19(8-10-20)15-25-22-11-12-23(25)16-22;1-19-8-10-21(11-9-19)22-12-14-23(15-13-22)24-16-17-27(3)26(18-24)25-7-5-4-6-20(25)2;2*1-20-9-6-7-14-25(20)26-19-24(15-16-27(26)2)23-13-8-12-22(18-23)17-21-10-4-3-5-11-21/h2*3-10,13-14,17,22-23,25H,11-12,15-16H2,1-2H3;4-7,12-19,21H,8-11H2,1-3H3;2*6-9,12-16,18-19,21H,3-5,10-11,17H2,1-2H3/q5*+1/i15D2;;;17D2;. The first-order valence-electron chi connectivity index (χ1n) is 53.2. The van der Waals surface area contributed by atoms with E-state index in [2.05, 4.69) is 410 Å². The number of fused-ring (bicyclic) bond motifs is 2. The molecule has 24 rings (SSSR count). The van der Waals surface area contributed by atoms with Crippen LogP contribution in [-0.2, 0) is 60.8 Å². The Hall–Kier alpha value is -12.1. The molecule has 0 N–H and O–H groups in total. The summed E-state index contributed by atoms with van der Waals surface area (Å²) in [5, 5.41) is 0. The van der Waals surface area contributed by atoms with E-state index in [1.54, 1.807) is 0 Å². The van der Waals surface area contributed by atoms with Gasteiger partial charge in [-0.3, -0.25) is 0 Å². The first kappa shape index (κ1) is 88.2. The summed E-state index contributed by atoms with van der Waals surface area (Å²) >= 11 is 0. The van der Waals surface area contributed by atoms with E-state index in [-0.39, 0.29) is 11.8 Å². The van der Waals surface area contributed by atoms with E-state index in [9.17, 15) is 0 Å². The molecule has 0 amide bonds. The molecular weight excluding hydrogens is 1630 g/mol. The van der Waals surface area contributed by atoms with Crippen LogP contribution in [0, 0.1) is 87.9 Å². The molecule has 9 aliphatic rings. The first-order valence-corrected chi connectivity index (χ1v) is 51.2. The van der Waals surface area contributed by atoms with Gasteiger partial charge in [0.15, 0.2) is 31.0 Å². The average Bonchev–Trinajstić information content (AvgIpc) is 1.60. The molecule has 0 aliphatic heterocycles. The predicted octanol–water partition coefficient (Wildman–Crippen LogP) is 30.5. The van der Waals surface area contributed by atoms with Gasteiger partial charge in [-0.1, -0.05) is 296 Å². The molecule has 5 aromatic heterocycles. The zero-order valence-corrected chi connectivity index (χ0v) is 82.3. The highest BCUT2D eigenvalue weighted by Crippen LogP contribution is 2.56. The minimum Gasteiger partial charge on any atom is -0.201 e. The largest absolute Gasteiger partial charge is 0.213 e. The van der Waals surface area contributed by atoms with Crippen LogP contribution in [0.15, 0.2) is 334 Å². The lowest BCUT2D eigenvalue weighted by atomic mass is 9.69. The molecule has 15 aromatic rings. The lowest BCUT2D eigenvalue weighted by Crippen LogP contribution is -2.30. The van der Waals surface area contributed by atoms with Crippen LogP contribution >= 0.6 is 0 Å². The fraction of sp³-hybridized carbons (Fsp3) is 0.346. The van der Waals surface area contributed by atoms with E-state index in [0.717, 1.165) is 94.6 Å². The third-order valence-corrected chi connectivity index (χ3v) is 31.8. The zero-order chi connectivity index (χ0) is 96.4. The fourth-order valence-electron chi connectivity index (χ4n) is 23.3. The number of benzene rings is 10. The highest BCUT2D eigenvalue weighted by Gasteiger charge is 2.47. The molecule has 4 atom stereocenters. The molecule has 9 fully saturated rings. The lowest BCUT2D eigenvalue weighted by Gasteiger charge is -2.36. The minimum atomic E-state index is -1.27. The molecule has 0 radical (unpaired) electrons. The van der Waals surface area contributed by atoms with Gasteiger partial charge in [0.2, 0.25) is 28.5 Å². The predicted molar refractivity (Wildman–Crippen MR) is 563 cm³/mol. The Labute approximate surface area is 814 Å². The van der Waals surface area contributed by atoms with E-state index >= 15 is 0 Å². The number of rotatable bonds is 19. The van der Waals surface area contributed by atoms with Crippen molar-refractivity contribution in [1.82, 2.24) is 0 Å². The van der Waals surface area contributed by atoms with Crippen molar-refractivity contribution in [1.29, 1.82) is 0 Å². The van der Waals surface area contributed by atoms with E-state index in [4.69, 9.17) is 5.48 Å². The number of aromatic nitrogens is 5. The smallest absolute Gasteiger partial charge is 0.201 e. The van der Waals surface area contributed by atoms with Crippen LogP contribution in [-0.4, -0.2) is 0 Å². The van der Waals surface area contributed by atoms with Gasteiger partial charge in [0.1, 0.15) is 35.2 Å². The topological polar surface area (TPSA) is 19.4 Å². The maximum absolute atomic E-state index is 8.82. The van der Waals surface area contributed by atoms with Crippen LogP contribution in [0.2, 0.25) is 0 Å². The molecule has 9 aliphatic carbocycles. The summed E-state index contributed by atoms with van der Waals surface area (Å²) in [4.78, 5) is 0. The van der Waals surface area contributed by atoms with Crippen LogP contribution < -0.4 is 22.8 Å². The number of nitrogens with zero attached hydrogens (tertiary/aromatic N) is 5. The monoisotopic (exact) mass is 1780 g/mol. The maximum Gasteiger partial charge on any atom is 0.213 e. The second-order valence-electron chi connectivity index (χ2n) is 41.2. The Morgan fingerprint density at radius 2 is 0.556 bits per heavy atom. The summed E-state index contributed by atoms with van der Waals surface area (Å²) < 4.78 is 46.1. The molecule has 5 heterocycles. The van der Waals surface area contributed by atoms with Crippen LogP contribution in [0.25, 0.3) is 112 Å². The number of hydrogen-bond donors (Lipinski definition) is 0. The van der Waals surface area contributed by atoms with Crippen molar-refractivity contribution in [3.05, 3.63) is 390 Å². The fourth-order valence-corrected chi connectivity index (χ4v) is 23.3. The van der Waals surface area contributed by atoms with E-state index in [0.29, 0.717) is 11.8 Å². The molecule has 0 saturated heterocycles. The second kappa shape index (κ2) is 43.7. The Kier molecular flexibility index (Phi) is 28.6. The SMILES string of the molecule is Cc1ccccc1-c1cc(-c2ccc(C3CCC(C)CC3)cc2)cc[n+]1C.Cc1ccccc1-c1cc(-c2ccc(CC3C4CCC3C4)cc2)cc[n+]1C.Cc1ccccc1-c1cc(-c2cccc(CC3CCCCC3)c2)cc[n+]1C.[2H]C([2H])(c1ccc(-c2cc[n+](C)c(-c3ccccc3C)c2)cc1)C1C2CCC1C2.[2H]C([2H])(c1cccc(-c2cc[n+](C)c(-c3ccccc3C)c2)c1)C1CCCCC1. The Morgan fingerprint density at radius 1 is 0.244 bits per heavy atom. The lowest BCUT2D eigenvalue weighted by molar-refractivity contribution is -0.660. The van der Waals surface area contributed by atoms with Crippen molar-refractivity contribution < 1.29 is 28.3 Å². The van der Waals surface area contributed by atoms with Crippen molar-refractivity contribution in [2.75, 3.05) is 0 Å². The summed E-state index contributed by atoms with van der Waals surface area (Å²) in [6.45, 7) is 13.2. The molecule has 0 spiro atoms. The molecule has 135 heavy (non-hydrogen) atoms. The average molecular weight is 1780 g/mol. The number of hydrogen-bond acceptors (Lipinski definition) is 0. The normalized spacial score (nSPS) is 19.9. The molecule has 4 unspecified atom stereocenters. The Morgan fingerprint density at radius 3 is 0.919 bits per heavy atom. The molecule has 686 valence electrons. The summed E-state index contributed by atoms with van der Waals surface area (Å²) in [5.74, 6) is 7.11. The van der Waals surface area contributed by atoms with Gasteiger partial charge < -0.3 is 0 Å². The molecule has 9 saturated carbocycles. The quantitative estimate of drug-likeness (QED) is 0.0719. The molecule has 5 nitrogen and oxygen atoms in total. The van der Waals surface area contributed by atoms with E-state index in [1.165, 1.54) is 250 Å². The molecule has 10 aromatic carbocycles. The van der Waals surface area contributed by atoms with Gasteiger partial charge in [-0.25, -0.2) is 22.8 Å². The number of pyridine rings is 5. The maximum atomic E-state index is 8.82. The molecular formula is C130H146N5+5. The van der Waals surface area contributed by atoms with Gasteiger partial charge in [-0.05, 0) is 312 Å². The Bertz CT molecular complexity index is 6720. The second-order valence-corrected chi connectivity index (χ2v) is 41.2. The van der Waals surface area contributed by atoms with Gasteiger partial charge in [0.05, 0.1) is 0 Å². The van der Waals surface area contributed by atoms with Crippen LogP contribution in [0.3, 0.4) is 0 Å². The number of aryl methyl sites for hydroxylation is 10. The summed E-state index contributed by atoms with van der Waals surface area (Å²) in [6.07, 6.45) is 37.0. The molecule has 5 heteroatoms. The summed E-state index contributed by atoms with van der Waals surface area (Å²) in [5.41, 5.74) is 37.5.